The maximum Gasteiger partial charge on any atom is 0.317 e. The highest BCUT2D eigenvalue weighted by Crippen LogP contribution is 2.22. The van der Waals surface area contributed by atoms with Gasteiger partial charge in [0.25, 0.3) is 0 Å². The van der Waals surface area contributed by atoms with E-state index in [1.165, 1.54) is 5.56 Å². The number of urea groups is 1. The molecule has 28 heavy (non-hydrogen) atoms. The fourth-order valence-corrected chi connectivity index (χ4v) is 4.04. The Bertz CT molecular complexity index is 608. The van der Waals surface area contributed by atoms with Gasteiger partial charge in [0.1, 0.15) is 0 Å². The molecule has 2 aliphatic rings. The quantitative estimate of drug-likeness (QED) is 0.779. The maximum atomic E-state index is 12.7. The Morgan fingerprint density at radius 3 is 2.50 bits per heavy atom. The van der Waals surface area contributed by atoms with Gasteiger partial charge in [0.2, 0.25) is 0 Å². The number of hydrogen-bond donors (Lipinski definition) is 1. The summed E-state index contributed by atoms with van der Waals surface area (Å²) in [5.41, 5.74) is 2.47. The van der Waals surface area contributed by atoms with E-state index in [9.17, 15) is 4.79 Å². The fraction of sp³-hybridized carbons (Fsp3) is 0.682. The van der Waals surface area contributed by atoms with E-state index in [0.29, 0.717) is 31.0 Å². The predicted molar refractivity (Wildman–Crippen MR) is 111 cm³/mol. The second-order valence-corrected chi connectivity index (χ2v) is 8.28. The average Bonchev–Trinajstić information content (AvgIpc) is 3.23. The molecule has 6 nitrogen and oxygen atoms in total. The van der Waals surface area contributed by atoms with E-state index in [2.05, 4.69) is 48.3 Å². The molecule has 2 unspecified atom stereocenters. The molecule has 2 atom stereocenters. The van der Waals surface area contributed by atoms with Crippen LogP contribution in [-0.2, 0) is 16.0 Å². The zero-order valence-corrected chi connectivity index (χ0v) is 17.5. The highest BCUT2D eigenvalue weighted by Gasteiger charge is 2.32. The van der Waals surface area contributed by atoms with E-state index in [4.69, 9.17) is 9.47 Å². The van der Waals surface area contributed by atoms with Crippen LogP contribution in [0.4, 0.5) is 4.79 Å². The fourth-order valence-electron chi connectivity index (χ4n) is 4.04. The van der Waals surface area contributed by atoms with E-state index in [1.54, 1.807) is 4.90 Å². The summed E-state index contributed by atoms with van der Waals surface area (Å²) in [4.78, 5) is 16.9. The lowest BCUT2D eigenvalue weighted by Crippen LogP contribution is -2.53. The molecular formula is C22H35N3O3. The van der Waals surface area contributed by atoms with Crippen LogP contribution in [0.5, 0.6) is 0 Å². The molecular weight excluding hydrogens is 354 g/mol. The van der Waals surface area contributed by atoms with Crippen molar-refractivity contribution in [2.45, 2.75) is 38.8 Å². The van der Waals surface area contributed by atoms with E-state index < -0.39 is 0 Å². The topological polar surface area (TPSA) is 54.0 Å². The van der Waals surface area contributed by atoms with Crippen LogP contribution in [0.15, 0.2) is 24.3 Å². The molecule has 2 saturated heterocycles. The van der Waals surface area contributed by atoms with Crippen LogP contribution in [0, 0.1) is 5.92 Å². The molecule has 3 rings (SSSR count). The molecule has 156 valence electrons. The van der Waals surface area contributed by atoms with E-state index >= 15 is 0 Å². The molecule has 0 bridgehead atoms. The van der Waals surface area contributed by atoms with E-state index in [-0.39, 0.29) is 6.03 Å². The molecule has 2 heterocycles. The van der Waals surface area contributed by atoms with Crippen molar-refractivity contribution in [3.05, 3.63) is 35.4 Å². The average molecular weight is 390 g/mol. The second kappa shape index (κ2) is 10.2. The molecule has 0 radical (unpaired) electrons. The minimum Gasteiger partial charge on any atom is -0.381 e. The number of amides is 2. The van der Waals surface area contributed by atoms with Gasteiger partial charge in [-0.1, -0.05) is 38.1 Å². The van der Waals surface area contributed by atoms with Crippen LogP contribution >= 0.6 is 0 Å². The number of carbonyl (C=O) groups is 1. The first-order valence-corrected chi connectivity index (χ1v) is 10.5. The number of nitrogens with zero attached hydrogens (tertiary/aromatic N) is 2. The SMILES string of the molecule is CC(C)c1ccc(CN(C)C(=O)NCC(C2CCOC2)N2CCOCC2)cc1. The van der Waals surface area contributed by atoms with E-state index in [1.807, 2.05) is 7.05 Å². The number of morpholine rings is 1. The summed E-state index contributed by atoms with van der Waals surface area (Å²) in [6.07, 6.45) is 1.07. The Morgan fingerprint density at radius 1 is 1.18 bits per heavy atom. The number of rotatable bonds is 7. The van der Waals surface area contributed by atoms with Crippen molar-refractivity contribution in [3.63, 3.8) is 0 Å². The first-order chi connectivity index (χ1) is 13.5. The number of benzene rings is 1. The zero-order valence-electron chi connectivity index (χ0n) is 17.5. The van der Waals surface area contributed by atoms with Gasteiger partial charge >= 0.3 is 6.03 Å². The summed E-state index contributed by atoms with van der Waals surface area (Å²) in [5.74, 6) is 0.999. The lowest BCUT2D eigenvalue weighted by Gasteiger charge is -2.37. The van der Waals surface area contributed by atoms with Crippen molar-refractivity contribution in [3.8, 4) is 0 Å². The van der Waals surface area contributed by atoms with Crippen molar-refractivity contribution in [1.29, 1.82) is 0 Å². The monoisotopic (exact) mass is 389 g/mol. The molecule has 1 N–H and O–H groups in total. The van der Waals surface area contributed by atoms with Crippen molar-refractivity contribution in [2.24, 2.45) is 5.92 Å². The van der Waals surface area contributed by atoms with Crippen LogP contribution in [-0.4, -0.2) is 75.0 Å². The second-order valence-electron chi connectivity index (χ2n) is 8.28. The van der Waals surface area contributed by atoms with Crippen LogP contribution in [0.2, 0.25) is 0 Å². The molecule has 1 aromatic carbocycles. The van der Waals surface area contributed by atoms with Gasteiger partial charge in [-0.15, -0.1) is 0 Å². The van der Waals surface area contributed by atoms with Crippen molar-refractivity contribution in [2.75, 3.05) is 53.1 Å². The molecule has 1 aromatic rings. The molecule has 0 aromatic heterocycles. The highest BCUT2D eigenvalue weighted by molar-refractivity contribution is 5.73. The standard InChI is InChI=1S/C22H35N3O3/c1-17(2)19-6-4-18(5-7-19)15-24(3)22(26)23-14-21(20-8-11-28-16-20)25-9-12-27-13-10-25/h4-7,17,20-21H,8-16H2,1-3H3,(H,23,26). The van der Waals surface area contributed by atoms with Crippen LogP contribution < -0.4 is 5.32 Å². The summed E-state index contributed by atoms with van der Waals surface area (Å²) < 4.78 is 11.1. The minimum atomic E-state index is -0.0230. The number of carbonyl (C=O) groups excluding carboxylic acids is 1. The third-order valence-electron chi connectivity index (χ3n) is 5.90. The largest absolute Gasteiger partial charge is 0.381 e. The smallest absolute Gasteiger partial charge is 0.317 e. The van der Waals surface area contributed by atoms with Crippen molar-refractivity contribution < 1.29 is 14.3 Å². The van der Waals surface area contributed by atoms with Crippen LogP contribution in [0.1, 0.15) is 37.3 Å². The van der Waals surface area contributed by atoms with Crippen molar-refractivity contribution in [1.82, 2.24) is 15.1 Å². The Labute approximate surface area is 169 Å². The Kier molecular flexibility index (Phi) is 7.71. The van der Waals surface area contributed by atoms with Crippen molar-refractivity contribution >= 4 is 6.03 Å². The van der Waals surface area contributed by atoms with Crippen LogP contribution in [0.25, 0.3) is 0 Å². The Hall–Kier alpha value is -1.63. The van der Waals surface area contributed by atoms with Gasteiger partial charge in [0.05, 0.1) is 19.8 Å². The number of ether oxygens (including phenoxy) is 2. The summed E-state index contributed by atoms with van der Waals surface area (Å²) in [6.45, 7) is 10.6. The lowest BCUT2D eigenvalue weighted by atomic mass is 9.97. The minimum absolute atomic E-state index is 0.0230. The molecule has 6 heteroatoms. The van der Waals surface area contributed by atoms with Gasteiger partial charge in [-0.05, 0) is 23.5 Å². The molecule has 2 fully saturated rings. The van der Waals surface area contributed by atoms with Gasteiger partial charge in [-0.2, -0.15) is 0 Å². The lowest BCUT2D eigenvalue weighted by molar-refractivity contribution is 0.00190. The number of nitrogens with one attached hydrogen (secondary N) is 1. The van der Waals surface area contributed by atoms with Gasteiger partial charge < -0.3 is 19.7 Å². The Balaban J connectivity index is 1.52. The molecule has 2 amide bonds. The summed E-state index contributed by atoms with van der Waals surface area (Å²) in [6, 6.07) is 8.83. The Morgan fingerprint density at radius 2 is 1.89 bits per heavy atom. The van der Waals surface area contributed by atoms with Gasteiger partial charge in [0, 0.05) is 51.8 Å². The third-order valence-corrected chi connectivity index (χ3v) is 5.90. The molecule has 2 aliphatic heterocycles. The van der Waals surface area contributed by atoms with E-state index in [0.717, 1.165) is 51.5 Å². The predicted octanol–water partition coefficient (Wildman–Crippen LogP) is 2.69. The number of hydrogen-bond acceptors (Lipinski definition) is 4. The zero-order chi connectivity index (χ0) is 19.9. The summed E-state index contributed by atoms with van der Waals surface area (Å²) >= 11 is 0. The maximum absolute atomic E-state index is 12.7. The first-order valence-electron chi connectivity index (χ1n) is 10.5. The van der Waals surface area contributed by atoms with Gasteiger partial charge in [-0.3, -0.25) is 4.90 Å². The van der Waals surface area contributed by atoms with Crippen LogP contribution in [0.3, 0.4) is 0 Å². The summed E-state index contributed by atoms with van der Waals surface area (Å²) in [7, 11) is 1.86. The molecule has 0 spiro atoms. The molecule has 0 saturated carbocycles. The normalized spacial score (nSPS) is 21.6. The molecule has 0 aliphatic carbocycles. The highest BCUT2D eigenvalue weighted by atomic mass is 16.5. The van der Waals surface area contributed by atoms with Gasteiger partial charge in [-0.25, -0.2) is 4.79 Å². The summed E-state index contributed by atoms with van der Waals surface area (Å²) in [5, 5.41) is 3.16. The van der Waals surface area contributed by atoms with Gasteiger partial charge in [0.15, 0.2) is 0 Å². The third kappa shape index (κ3) is 5.69. The first kappa shape index (κ1) is 21.1.